The number of nitriles is 2. The van der Waals surface area contributed by atoms with Gasteiger partial charge in [-0.1, -0.05) is 24.6 Å². The van der Waals surface area contributed by atoms with E-state index in [0.717, 1.165) is 12.8 Å². The van der Waals surface area contributed by atoms with Gasteiger partial charge in [-0.15, -0.1) is 0 Å². The van der Waals surface area contributed by atoms with E-state index in [1.54, 1.807) is 24.3 Å². The van der Waals surface area contributed by atoms with Crippen molar-refractivity contribution in [2.45, 2.75) is 31.1 Å². The second-order valence-corrected chi connectivity index (χ2v) is 6.67. The molecule has 0 bridgehead atoms. The number of hydrogen-bond acceptors (Lipinski definition) is 4. The van der Waals surface area contributed by atoms with E-state index in [0.29, 0.717) is 17.5 Å². The van der Waals surface area contributed by atoms with E-state index in [4.69, 9.17) is 10.5 Å². The second-order valence-electron chi connectivity index (χ2n) is 4.92. The summed E-state index contributed by atoms with van der Waals surface area (Å²) in [6, 6.07) is 10.5. The number of hydrogen-bond donors (Lipinski definition) is 1. The van der Waals surface area contributed by atoms with Crippen LogP contribution in [-0.4, -0.2) is 14.5 Å². The molecule has 1 aromatic carbocycles. The number of nitrogens with zero attached hydrogens (tertiary/aromatic N) is 2. The van der Waals surface area contributed by atoms with E-state index in [-0.39, 0.29) is 17.7 Å². The predicted octanol–water partition coefficient (Wildman–Crippen LogP) is 1.67. The summed E-state index contributed by atoms with van der Waals surface area (Å²) in [4.78, 5) is 0. The zero-order valence-corrected chi connectivity index (χ0v) is 11.7. The first-order chi connectivity index (χ1) is 9.55. The third-order valence-electron chi connectivity index (χ3n) is 3.50. The molecule has 6 heteroatoms. The van der Waals surface area contributed by atoms with Crippen LogP contribution in [0.3, 0.4) is 0 Å². The van der Waals surface area contributed by atoms with Crippen LogP contribution in [-0.2, 0) is 15.8 Å². The molecule has 0 heterocycles. The first-order valence-corrected chi connectivity index (χ1v) is 8.08. The van der Waals surface area contributed by atoms with Gasteiger partial charge in [0.2, 0.25) is 10.0 Å². The van der Waals surface area contributed by atoms with Gasteiger partial charge in [-0.05, 0) is 24.5 Å². The fourth-order valence-corrected chi connectivity index (χ4v) is 3.98. The highest BCUT2D eigenvalue weighted by Crippen LogP contribution is 2.26. The van der Waals surface area contributed by atoms with Crippen molar-refractivity contribution in [3.05, 3.63) is 35.4 Å². The van der Waals surface area contributed by atoms with Crippen LogP contribution >= 0.6 is 0 Å². The van der Waals surface area contributed by atoms with Crippen LogP contribution in [0.1, 0.15) is 30.4 Å². The Hall–Kier alpha value is -1.89. The van der Waals surface area contributed by atoms with Crippen molar-refractivity contribution in [3.8, 4) is 12.1 Å². The SMILES string of the molecule is N#Cc1ccccc1CS(=O)(=O)NC1CCCC1C#N. The third-order valence-corrected chi connectivity index (χ3v) is 4.85. The maximum absolute atomic E-state index is 12.2. The van der Waals surface area contributed by atoms with Gasteiger partial charge in [-0.2, -0.15) is 10.5 Å². The summed E-state index contributed by atoms with van der Waals surface area (Å²) < 4.78 is 26.9. The Morgan fingerprint density at radius 3 is 2.70 bits per heavy atom. The van der Waals surface area contributed by atoms with E-state index in [9.17, 15) is 8.42 Å². The quantitative estimate of drug-likeness (QED) is 0.912. The van der Waals surface area contributed by atoms with Crippen molar-refractivity contribution in [2.24, 2.45) is 5.92 Å². The summed E-state index contributed by atoms with van der Waals surface area (Å²) in [6.45, 7) is 0. The number of nitrogens with one attached hydrogen (secondary N) is 1. The first kappa shape index (κ1) is 14.5. The molecule has 0 radical (unpaired) electrons. The second kappa shape index (κ2) is 6.04. The molecular weight excluding hydrogens is 274 g/mol. The Morgan fingerprint density at radius 2 is 2.00 bits per heavy atom. The molecule has 0 saturated heterocycles. The Bertz CT molecular complexity index is 670. The molecular formula is C14H15N3O2S. The van der Waals surface area contributed by atoms with Crippen LogP contribution in [0.25, 0.3) is 0 Å². The van der Waals surface area contributed by atoms with Crippen LogP contribution < -0.4 is 4.72 Å². The van der Waals surface area contributed by atoms with Gasteiger partial charge in [0.25, 0.3) is 0 Å². The molecule has 1 aliphatic rings. The van der Waals surface area contributed by atoms with Crippen LogP contribution in [0.5, 0.6) is 0 Å². The molecule has 0 aliphatic heterocycles. The zero-order chi connectivity index (χ0) is 14.6. The lowest BCUT2D eigenvalue weighted by Crippen LogP contribution is -2.37. The lowest BCUT2D eigenvalue weighted by Gasteiger charge is -2.16. The fraction of sp³-hybridized carbons (Fsp3) is 0.429. The smallest absolute Gasteiger partial charge is 0.212 e. The molecule has 104 valence electrons. The van der Waals surface area contributed by atoms with Crippen LogP contribution in [0.4, 0.5) is 0 Å². The van der Waals surface area contributed by atoms with E-state index in [1.165, 1.54) is 0 Å². The van der Waals surface area contributed by atoms with E-state index < -0.39 is 10.0 Å². The maximum atomic E-state index is 12.2. The fourth-order valence-electron chi connectivity index (χ4n) is 2.49. The molecule has 1 aliphatic carbocycles. The highest BCUT2D eigenvalue weighted by molar-refractivity contribution is 7.88. The standard InChI is InChI=1S/C14H15N3O2S/c15-8-11-4-1-2-5-13(11)10-20(18,19)17-14-7-3-6-12(14)9-16/h1-2,4-5,12,14,17H,3,6-7,10H2. The van der Waals surface area contributed by atoms with Crippen molar-refractivity contribution < 1.29 is 8.42 Å². The Balaban J connectivity index is 2.12. The van der Waals surface area contributed by atoms with E-state index in [2.05, 4.69) is 10.8 Å². The normalized spacial score (nSPS) is 22.1. The minimum absolute atomic E-state index is 0.231. The van der Waals surface area contributed by atoms with Gasteiger partial charge in [0.15, 0.2) is 0 Å². The minimum atomic E-state index is -3.55. The summed E-state index contributed by atoms with van der Waals surface area (Å²) in [5, 5.41) is 17.9. The summed E-state index contributed by atoms with van der Waals surface area (Å²) >= 11 is 0. The van der Waals surface area contributed by atoms with Crippen molar-refractivity contribution >= 4 is 10.0 Å². The summed E-state index contributed by atoms with van der Waals surface area (Å²) in [5.41, 5.74) is 0.843. The molecule has 1 fully saturated rings. The predicted molar refractivity (Wildman–Crippen MR) is 73.7 cm³/mol. The van der Waals surface area contributed by atoms with Gasteiger partial charge in [-0.25, -0.2) is 13.1 Å². The number of sulfonamides is 1. The average molecular weight is 289 g/mol. The Kier molecular flexibility index (Phi) is 4.39. The highest BCUT2D eigenvalue weighted by Gasteiger charge is 2.30. The lowest BCUT2D eigenvalue weighted by molar-refractivity contribution is 0.514. The molecule has 2 rings (SSSR count). The van der Waals surface area contributed by atoms with Crippen LogP contribution in [0.15, 0.2) is 24.3 Å². The van der Waals surface area contributed by atoms with Gasteiger partial charge in [-0.3, -0.25) is 0 Å². The van der Waals surface area contributed by atoms with Gasteiger partial charge >= 0.3 is 0 Å². The first-order valence-electron chi connectivity index (χ1n) is 6.43. The third kappa shape index (κ3) is 3.36. The van der Waals surface area contributed by atoms with Crippen molar-refractivity contribution in [3.63, 3.8) is 0 Å². The van der Waals surface area contributed by atoms with Gasteiger partial charge in [0.1, 0.15) is 0 Å². The lowest BCUT2D eigenvalue weighted by atomic mass is 10.1. The molecule has 2 unspecified atom stereocenters. The maximum Gasteiger partial charge on any atom is 0.216 e. The van der Waals surface area contributed by atoms with E-state index >= 15 is 0 Å². The number of rotatable bonds is 4. The average Bonchev–Trinajstić information content (AvgIpc) is 2.85. The molecule has 2 atom stereocenters. The zero-order valence-electron chi connectivity index (χ0n) is 10.9. The Labute approximate surface area is 118 Å². The highest BCUT2D eigenvalue weighted by atomic mass is 32.2. The molecule has 0 amide bonds. The van der Waals surface area contributed by atoms with Crippen molar-refractivity contribution in [1.29, 1.82) is 10.5 Å². The molecule has 1 aromatic rings. The topological polar surface area (TPSA) is 93.8 Å². The van der Waals surface area contributed by atoms with E-state index in [1.807, 2.05) is 6.07 Å². The van der Waals surface area contributed by atoms with Crippen molar-refractivity contribution in [2.75, 3.05) is 0 Å². The van der Waals surface area contributed by atoms with Gasteiger partial charge in [0.05, 0.1) is 29.4 Å². The minimum Gasteiger partial charge on any atom is -0.212 e. The van der Waals surface area contributed by atoms with Gasteiger partial charge in [0, 0.05) is 6.04 Å². The largest absolute Gasteiger partial charge is 0.216 e. The molecule has 1 N–H and O–H groups in total. The number of benzene rings is 1. The molecule has 0 aromatic heterocycles. The van der Waals surface area contributed by atoms with Crippen LogP contribution in [0.2, 0.25) is 0 Å². The molecule has 1 saturated carbocycles. The summed E-state index contributed by atoms with van der Waals surface area (Å²) in [5.74, 6) is -0.484. The summed E-state index contributed by atoms with van der Waals surface area (Å²) in [7, 11) is -3.55. The molecule has 0 spiro atoms. The monoisotopic (exact) mass is 289 g/mol. The summed E-state index contributed by atoms with van der Waals surface area (Å²) in [6.07, 6.45) is 2.29. The van der Waals surface area contributed by atoms with Crippen LogP contribution in [0, 0.1) is 28.6 Å². The molecule has 20 heavy (non-hydrogen) atoms. The molecule has 5 nitrogen and oxygen atoms in total. The van der Waals surface area contributed by atoms with Gasteiger partial charge < -0.3 is 0 Å². The van der Waals surface area contributed by atoms with Crippen molar-refractivity contribution in [1.82, 2.24) is 4.72 Å². The Morgan fingerprint density at radius 1 is 1.25 bits per heavy atom.